The maximum absolute atomic E-state index is 12.9. The molecule has 1 aliphatic carbocycles. The zero-order valence-electron chi connectivity index (χ0n) is 15.3. The van der Waals surface area contributed by atoms with E-state index in [9.17, 15) is 9.59 Å². The lowest BCUT2D eigenvalue weighted by molar-refractivity contribution is -0.116. The Kier molecular flexibility index (Phi) is 4.70. The Hall–Kier alpha value is -2.67. The monoisotopic (exact) mass is 383 g/mol. The van der Waals surface area contributed by atoms with Crippen molar-refractivity contribution in [1.29, 1.82) is 0 Å². The molecular weight excluding hydrogens is 362 g/mol. The average Bonchev–Trinajstić information content (AvgIpc) is 3.02. The van der Waals surface area contributed by atoms with Crippen LogP contribution in [0, 0.1) is 5.92 Å². The minimum absolute atomic E-state index is 0.0607. The molecular formula is C20H21N3O3S. The highest BCUT2D eigenvalue weighted by Gasteiger charge is 2.23. The SMILES string of the molecule is COc1ccc(NC(=O)Cn2cnc3sc4c(c3c2=O)CC[C@@H](C)C4)cc1. The smallest absolute Gasteiger partial charge is 0.262 e. The van der Waals surface area contributed by atoms with E-state index in [1.165, 1.54) is 15.8 Å². The first-order valence-corrected chi connectivity index (χ1v) is 9.80. The molecule has 140 valence electrons. The average molecular weight is 383 g/mol. The first kappa shape index (κ1) is 17.7. The lowest BCUT2D eigenvalue weighted by atomic mass is 9.89. The van der Waals surface area contributed by atoms with E-state index in [-0.39, 0.29) is 18.0 Å². The van der Waals surface area contributed by atoms with E-state index in [0.29, 0.717) is 17.0 Å². The second kappa shape index (κ2) is 7.15. The molecule has 0 saturated heterocycles. The zero-order valence-corrected chi connectivity index (χ0v) is 16.1. The molecule has 0 fully saturated rings. The number of hydrogen-bond acceptors (Lipinski definition) is 5. The van der Waals surface area contributed by atoms with Gasteiger partial charge >= 0.3 is 0 Å². The number of aryl methyl sites for hydroxylation is 1. The van der Waals surface area contributed by atoms with Crippen molar-refractivity contribution < 1.29 is 9.53 Å². The van der Waals surface area contributed by atoms with Crippen LogP contribution in [0.3, 0.4) is 0 Å². The Labute approximate surface area is 160 Å². The molecule has 2 aromatic heterocycles. The van der Waals surface area contributed by atoms with E-state index in [2.05, 4.69) is 17.2 Å². The number of anilines is 1. The summed E-state index contributed by atoms with van der Waals surface area (Å²) in [4.78, 5) is 31.8. The van der Waals surface area contributed by atoms with Crippen LogP contribution in [-0.2, 0) is 24.2 Å². The number of nitrogens with one attached hydrogen (secondary N) is 1. The third kappa shape index (κ3) is 3.47. The maximum atomic E-state index is 12.9. The topological polar surface area (TPSA) is 73.2 Å². The fourth-order valence-electron chi connectivity index (χ4n) is 3.51. The number of aromatic nitrogens is 2. The number of thiophene rings is 1. The highest BCUT2D eigenvalue weighted by molar-refractivity contribution is 7.18. The van der Waals surface area contributed by atoms with E-state index in [0.717, 1.165) is 35.4 Å². The van der Waals surface area contributed by atoms with Crippen molar-refractivity contribution in [2.45, 2.75) is 32.7 Å². The van der Waals surface area contributed by atoms with Gasteiger partial charge in [-0.15, -0.1) is 11.3 Å². The summed E-state index contributed by atoms with van der Waals surface area (Å²) in [5.74, 6) is 1.10. The third-order valence-corrected chi connectivity index (χ3v) is 6.13. The Morgan fingerprint density at radius 3 is 2.89 bits per heavy atom. The van der Waals surface area contributed by atoms with E-state index in [1.807, 2.05) is 0 Å². The fraction of sp³-hybridized carbons (Fsp3) is 0.350. The van der Waals surface area contributed by atoms with E-state index < -0.39 is 0 Å². The van der Waals surface area contributed by atoms with Crippen LogP contribution in [0.4, 0.5) is 5.69 Å². The Balaban J connectivity index is 1.57. The summed E-state index contributed by atoms with van der Waals surface area (Å²) in [6.07, 6.45) is 4.48. The zero-order chi connectivity index (χ0) is 19.0. The van der Waals surface area contributed by atoms with E-state index in [4.69, 9.17) is 4.74 Å². The highest BCUT2D eigenvalue weighted by atomic mass is 32.1. The second-order valence-electron chi connectivity index (χ2n) is 6.99. The van der Waals surface area contributed by atoms with E-state index >= 15 is 0 Å². The van der Waals surface area contributed by atoms with Crippen molar-refractivity contribution in [3.05, 3.63) is 51.4 Å². The molecule has 4 rings (SSSR count). The van der Waals surface area contributed by atoms with Crippen LogP contribution in [0.25, 0.3) is 10.2 Å². The van der Waals surface area contributed by atoms with Crippen LogP contribution in [0.2, 0.25) is 0 Å². The predicted octanol–water partition coefficient (Wildman–Crippen LogP) is 3.23. The molecule has 1 amide bonds. The third-order valence-electron chi connectivity index (χ3n) is 4.97. The Morgan fingerprint density at radius 2 is 2.15 bits per heavy atom. The Morgan fingerprint density at radius 1 is 1.37 bits per heavy atom. The predicted molar refractivity (Wildman–Crippen MR) is 107 cm³/mol. The van der Waals surface area contributed by atoms with Gasteiger partial charge in [0, 0.05) is 10.6 Å². The lowest BCUT2D eigenvalue weighted by Crippen LogP contribution is -2.28. The maximum Gasteiger partial charge on any atom is 0.262 e. The first-order chi connectivity index (χ1) is 13.0. The molecule has 0 bridgehead atoms. The highest BCUT2D eigenvalue weighted by Crippen LogP contribution is 2.35. The number of amides is 1. The van der Waals surface area contributed by atoms with Gasteiger partial charge in [0.25, 0.3) is 5.56 Å². The van der Waals surface area contributed by atoms with Crippen molar-refractivity contribution >= 4 is 33.1 Å². The van der Waals surface area contributed by atoms with Gasteiger partial charge in [0.1, 0.15) is 17.1 Å². The number of carbonyl (C=O) groups is 1. The van der Waals surface area contributed by atoms with Crippen LogP contribution >= 0.6 is 11.3 Å². The van der Waals surface area contributed by atoms with Crippen molar-refractivity contribution in [2.75, 3.05) is 12.4 Å². The molecule has 0 saturated carbocycles. The standard InChI is InChI=1S/C20H21N3O3S/c1-12-3-8-15-16(9-12)27-19-18(15)20(25)23(11-21-19)10-17(24)22-13-4-6-14(26-2)7-5-13/h4-7,11-12H,3,8-10H2,1-2H3,(H,22,24)/t12-/m1/s1. The van der Waals surface area contributed by atoms with Crippen molar-refractivity contribution in [2.24, 2.45) is 5.92 Å². The van der Waals surface area contributed by atoms with Crippen molar-refractivity contribution in [1.82, 2.24) is 9.55 Å². The molecule has 0 spiro atoms. The second-order valence-corrected chi connectivity index (χ2v) is 8.07. The molecule has 3 aromatic rings. The summed E-state index contributed by atoms with van der Waals surface area (Å²) < 4.78 is 6.50. The summed E-state index contributed by atoms with van der Waals surface area (Å²) in [6.45, 7) is 2.18. The first-order valence-electron chi connectivity index (χ1n) is 8.98. The molecule has 1 aliphatic rings. The number of hydrogen-bond donors (Lipinski definition) is 1. The van der Waals surface area contributed by atoms with Crippen molar-refractivity contribution in [3.8, 4) is 5.75 Å². The fourth-order valence-corrected chi connectivity index (χ4v) is 4.85. The Bertz CT molecular complexity index is 1050. The van der Waals surface area contributed by atoms with Crippen LogP contribution in [-0.4, -0.2) is 22.6 Å². The van der Waals surface area contributed by atoms with Gasteiger partial charge < -0.3 is 10.1 Å². The molecule has 1 N–H and O–H groups in total. The van der Waals surface area contributed by atoms with Gasteiger partial charge in [0.15, 0.2) is 0 Å². The number of rotatable bonds is 4. The molecule has 0 unspecified atom stereocenters. The number of carbonyl (C=O) groups excluding carboxylic acids is 1. The summed E-state index contributed by atoms with van der Waals surface area (Å²) in [5.41, 5.74) is 1.66. The van der Waals surface area contributed by atoms with Gasteiger partial charge in [0.05, 0.1) is 18.8 Å². The number of ether oxygens (including phenoxy) is 1. The molecule has 0 radical (unpaired) electrons. The summed E-state index contributed by atoms with van der Waals surface area (Å²) in [7, 11) is 1.59. The number of nitrogens with zero attached hydrogens (tertiary/aromatic N) is 2. The van der Waals surface area contributed by atoms with Crippen LogP contribution in [0.1, 0.15) is 23.8 Å². The van der Waals surface area contributed by atoms with Gasteiger partial charge in [0.2, 0.25) is 5.91 Å². The van der Waals surface area contributed by atoms with Gasteiger partial charge in [-0.1, -0.05) is 6.92 Å². The molecule has 1 aromatic carbocycles. The summed E-state index contributed by atoms with van der Waals surface area (Å²) in [5, 5.41) is 3.50. The minimum Gasteiger partial charge on any atom is -0.497 e. The van der Waals surface area contributed by atoms with Crippen LogP contribution in [0.5, 0.6) is 5.75 Å². The molecule has 2 heterocycles. The minimum atomic E-state index is -0.263. The summed E-state index contributed by atoms with van der Waals surface area (Å²) >= 11 is 1.61. The molecule has 1 atom stereocenters. The van der Waals surface area contributed by atoms with Gasteiger partial charge in [-0.3, -0.25) is 14.2 Å². The number of benzene rings is 1. The molecule has 7 heteroatoms. The van der Waals surface area contributed by atoms with Crippen LogP contribution in [0.15, 0.2) is 35.4 Å². The largest absolute Gasteiger partial charge is 0.497 e. The molecule has 0 aliphatic heterocycles. The lowest BCUT2D eigenvalue weighted by Gasteiger charge is -2.17. The summed E-state index contributed by atoms with van der Waals surface area (Å²) in [6, 6.07) is 7.07. The molecule has 6 nitrogen and oxygen atoms in total. The van der Waals surface area contributed by atoms with Crippen LogP contribution < -0.4 is 15.6 Å². The normalized spacial score (nSPS) is 16.1. The van der Waals surface area contributed by atoms with Gasteiger partial charge in [-0.05, 0) is 55.0 Å². The quantitative estimate of drug-likeness (QED) is 0.751. The van der Waals surface area contributed by atoms with E-state index in [1.54, 1.807) is 42.7 Å². The molecule has 27 heavy (non-hydrogen) atoms. The van der Waals surface area contributed by atoms with Gasteiger partial charge in [-0.2, -0.15) is 0 Å². The van der Waals surface area contributed by atoms with Crippen molar-refractivity contribution in [3.63, 3.8) is 0 Å². The number of fused-ring (bicyclic) bond motifs is 3. The van der Waals surface area contributed by atoms with Gasteiger partial charge in [-0.25, -0.2) is 4.98 Å². The number of methoxy groups -OCH3 is 1.